The molecule has 2 N–H and O–H groups in total. The third-order valence-electron chi connectivity index (χ3n) is 6.11. The Hall–Kier alpha value is -0.900. The average Bonchev–Trinajstić information content (AvgIpc) is 2.90. The lowest BCUT2D eigenvalue weighted by atomic mass is 9.51. The molecule has 1 heterocycles. The van der Waals surface area contributed by atoms with Crippen molar-refractivity contribution in [2.45, 2.75) is 51.4 Å². The number of nitrogens with two attached hydrogens (primary N) is 1. The van der Waals surface area contributed by atoms with E-state index in [1.54, 1.807) is 0 Å². The Morgan fingerprint density at radius 1 is 1.15 bits per heavy atom. The molecule has 0 spiro atoms. The second kappa shape index (κ2) is 4.83. The van der Waals surface area contributed by atoms with Crippen molar-refractivity contribution in [2.75, 3.05) is 6.54 Å². The summed E-state index contributed by atoms with van der Waals surface area (Å²) >= 11 is 0. The average molecular weight is 275 g/mol. The second-order valence-corrected chi connectivity index (χ2v) is 7.48. The maximum absolute atomic E-state index is 5.67. The molecule has 0 aromatic carbocycles. The predicted molar refractivity (Wildman–Crippen MR) is 76.0 cm³/mol. The number of hydrogen-bond acceptors (Lipinski definition) is 4. The third kappa shape index (κ3) is 2.09. The van der Waals surface area contributed by atoms with Gasteiger partial charge in [0.05, 0.1) is 0 Å². The smallest absolute Gasteiger partial charge is 0.226 e. The highest BCUT2D eigenvalue weighted by atomic mass is 16.5. The lowest BCUT2D eigenvalue weighted by molar-refractivity contribution is -0.0385. The van der Waals surface area contributed by atoms with Gasteiger partial charge in [0.1, 0.15) is 0 Å². The Morgan fingerprint density at radius 2 is 1.80 bits per heavy atom. The molecule has 4 aliphatic rings. The van der Waals surface area contributed by atoms with E-state index in [1.165, 1.54) is 32.1 Å². The SMILES string of the molecule is CC(CN)c1noc(CC2C3CC4CC(C3)CC2C4)n1. The number of nitrogens with zero attached hydrogens (tertiary/aromatic N) is 2. The lowest BCUT2D eigenvalue weighted by Gasteiger charge is -2.54. The van der Waals surface area contributed by atoms with E-state index in [9.17, 15) is 0 Å². The molecule has 4 aliphatic carbocycles. The highest BCUT2D eigenvalue weighted by Crippen LogP contribution is 2.57. The van der Waals surface area contributed by atoms with Gasteiger partial charge in [0.25, 0.3) is 0 Å². The topological polar surface area (TPSA) is 64.9 Å². The van der Waals surface area contributed by atoms with Gasteiger partial charge in [-0.3, -0.25) is 0 Å². The molecular weight excluding hydrogens is 250 g/mol. The van der Waals surface area contributed by atoms with E-state index >= 15 is 0 Å². The first-order valence-electron chi connectivity index (χ1n) is 8.25. The molecule has 20 heavy (non-hydrogen) atoms. The van der Waals surface area contributed by atoms with Gasteiger partial charge < -0.3 is 10.3 Å². The van der Waals surface area contributed by atoms with Crippen molar-refractivity contribution in [1.82, 2.24) is 10.1 Å². The molecule has 4 saturated carbocycles. The van der Waals surface area contributed by atoms with Gasteiger partial charge in [0, 0.05) is 18.9 Å². The van der Waals surface area contributed by atoms with E-state index in [-0.39, 0.29) is 5.92 Å². The molecule has 1 atom stereocenters. The summed E-state index contributed by atoms with van der Waals surface area (Å²) in [6, 6.07) is 0. The van der Waals surface area contributed by atoms with Crippen LogP contribution in [0.2, 0.25) is 0 Å². The number of aromatic nitrogens is 2. The highest BCUT2D eigenvalue weighted by molar-refractivity contribution is 5.02. The molecule has 1 aromatic rings. The summed E-state index contributed by atoms with van der Waals surface area (Å²) in [5.41, 5.74) is 5.67. The minimum atomic E-state index is 0.200. The number of rotatable bonds is 4. The van der Waals surface area contributed by atoms with E-state index in [1.807, 2.05) is 0 Å². The minimum absolute atomic E-state index is 0.200. The van der Waals surface area contributed by atoms with Crippen LogP contribution in [0.15, 0.2) is 4.52 Å². The Labute approximate surface area is 120 Å². The molecule has 0 radical (unpaired) electrons. The van der Waals surface area contributed by atoms with Crippen LogP contribution < -0.4 is 5.73 Å². The Balaban J connectivity index is 1.48. The van der Waals surface area contributed by atoms with Crippen LogP contribution in [0.4, 0.5) is 0 Å². The summed E-state index contributed by atoms with van der Waals surface area (Å²) in [7, 11) is 0. The van der Waals surface area contributed by atoms with E-state index < -0.39 is 0 Å². The van der Waals surface area contributed by atoms with Crippen molar-refractivity contribution in [3.05, 3.63) is 11.7 Å². The van der Waals surface area contributed by atoms with Gasteiger partial charge in [0.2, 0.25) is 5.89 Å². The van der Waals surface area contributed by atoms with Crippen LogP contribution in [0.3, 0.4) is 0 Å². The first-order valence-corrected chi connectivity index (χ1v) is 8.25. The van der Waals surface area contributed by atoms with E-state index in [0.717, 1.165) is 47.7 Å². The normalized spacial score (nSPS) is 40.2. The standard InChI is InChI=1S/C16H25N3O/c1-9(8-17)16-18-15(20-19-16)7-14-12-3-10-2-11(5-12)6-13(14)4-10/h9-14H,2-8,17H2,1H3. The first-order chi connectivity index (χ1) is 9.72. The predicted octanol–water partition coefficient (Wildman–Crippen LogP) is 2.75. The summed E-state index contributed by atoms with van der Waals surface area (Å²) in [5, 5.41) is 4.10. The van der Waals surface area contributed by atoms with Crippen LogP contribution in [0, 0.1) is 29.6 Å². The van der Waals surface area contributed by atoms with Gasteiger partial charge in [-0.1, -0.05) is 12.1 Å². The fourth-order valence-electron chi connectivity index (χ4n) is 5.23. The fraction of sp³-hybridized carbons (Fsp3) is 0.875. The molecule has 0 saturated heterocycles. The fourth-order valence-corrected chi connectivity index (χ4v) is 5.23. The second-order valence-electron chi connectivity index (χ2n) is 7.48. The first kappa shape index (κ1) is 12.8. The monoisotopic (exact) mass is 275 g/mol. The van der Waals surface area contributed by atoms with Crippen LogP contribution in [-0.2, 0) is 6.42 Å². The van der Waals surface area contributed by atoms with Gasteiger partial charge in [0.15, 0.2) is 5.82 Å². The summed E-state index contributed by atoms with van der Waals surface area (Å²) in [6.45, 7) is 2.63. The molecule has 1 unspecified atom stereocenters. The number of hydrogen-bond donors (Lipinski definition) is 1. The molecule has 4 bridgehead atoms. The molecule has 0 amide bonds. The van der Waals surface area contributed by atoms with E-state index in [4.69, 9.17) is 10.3 Å². The maximum Gasteiger partial charge on any atom is 0.226 e. The van der Waals surface area contributed by atoms with Crippen molar-refractivity contribution in [1.29, 1.82) is 0 Å². The van der Waals surface area contributed by atoms with Gasteiger partial charge >= 0.3 is 0 Å². The van der Waals surface area contributed by atoms with Crippen LogP contribution >= 0.6 is 0 Å². The summed E-state index contributed by atoms with van der Waals surface area (Å²) in [5.74, 6) is 6.54. The Bertz CT molecular complexity index is 456. The molecule has 4 nitrogen and oxygen atoms in total. The zero-order valence-corrected chi connectivity index (χ0v) is 12.3. The lowest BCUT2D eigenvalue weighted by Crippen LogP contribution is -2.45. The van der Waals surface area contributed by atoms with Gasteiger partial charge in [-0.15, -0.1) is 0 Å². The molecule has 0 aliphatic heterocycles. The van der Waals surface area contributed by atoms with Crippen LogP contribution in [0.1, 0.15) is 56.7 Å². The van der Waals surface area contributed by atoms with Gasteiger partial charge in [-0.25, -0.2) is 0 Å². The van der Waals surface area contributed by atoms with Crippen LogP contribution in [-0.4, -0.2) is 16.7 Å². The van der Waals surface area contributed by atoms with Crippen molar-refractivity contribution < 1.29 is 4.52 Å². The molecule has 4 heteroatoms. The molecular formula is C16H25N3O. The minimum Gasteiger partial charge on any atom is -0.339 e. The van der Waals surface area contributed by atoms with Gasteiger partial charge in [-0.05, 0) is 61.7 Å². The Kier molecular flexibility index (Phi) is 3.09. The zero-order valence-electron chi connectivity index (χ0n) is 12.3. The molecule has 1 aromatic heterocycles. The van der Waals surface area contributed by atoms with Crippen LogP contribution in [0.25, 0.3) is 0 Å². The molecule has 4 fully saturated rings. The zero-order chi connectivity index (χ0) is 13.7. The molecule has 110 valence electrons. The quantitative estimate of drug-likeness (QED) is 0.917. The van der Waals surface area contributed by atoms with E-state index in [0.29, 0.717) is 6.54 Å². The maximum atomic E-state index is 5.67. The van der Waals surface area contributed by atoms with E-state index in [2.05, 4.69) is 17.1 Å². The van der Waals surface area contributed by atoms with Crippen LogP contribution in [0.5, 0.6) is 0 Å². The summed E-state index contributed by atoms with van der Waals surface area (Å²) in [4.78, 5) is 4.57. The van der Waals surface area contributed by atoms with Crippen molar-refractivity contribution >= 4 is 0 Å². The molecule has 5 rings (SSSR count). The van der Waals surface area contributed by atoms with Crippen molar-refractivity contribution in [3.8, 4) is 0 Å². The summed E-state index contributed by atoms with van der Waals surface area (Å²) < 4.78 is 5.48. The largest absolute Gasteiger partial charge is 0.339 e. The van der Waals surface area contributed by atoms with Gasteiger partial charge in [-0.2, -0.15) is 4.98 Å². The van der Waals surface area contributed by atoms with Crippen molar-refractivity contribution in [2.24, 2.45) is 35.3 Å². The Morgan fingerprint density at radius 3 is 2.40 bits per heavy atom. The highest BCUT2D eigenvalue weighted by Gasteiger charge is 2.48. The van der Waals surface area contributed by atoms with Crippen molar-refractivity contribution in [3.63, 3.8) is 0 Å². The third-order valence-corrected chi connectivity index (χ3v) is 6.11. The summed E-state index contributed by atoms with van der Waals surface area (Å²) in [6.07, 6.45) is 8.34.